The first-order valence-electron chi connectivity index (χ1n) is 6.64. The van der Waals surface area contributed by atoms with Crippen LogP contribution in [0.5, 0.6) is 5.88 Å². The smallest absolute Gasteiger partial charge is 0.237 e. The van der Waals surface area contributed by atoms with Crippen LogP contribution in [-0.4, -0.2) is 11.1 Å². The third kappa shape index (κ3) is 3.93. The van der Waals surface area contributed by atoms with Gasteiger partial charge in [0.15, 0.2) is 0 Å². The zero-order chi connectivity index (χ0) is 15.2. The minimum absolute atomic E-state index is 0.000831. The van der Waals surface area contributed by atoms with Gasteiger partial charge in [-0.3, -0.25) is 0 Å². The molecule has 0 fully saturated rings. The molecule has 4 nitrogen and oxygen atoms in total. The van der Waals surface area contributed by atoms with Crippen molar-refractivity contribution in [2.24, 2.45) is 0 Å². The van der Waals surface area contributed by atoms with E-state index < -0.39 is 0 Å². The summed E-state index contributed by atoms with van der Waals surface area (Å²) < 4.78 is 19.3. The molecule has 0 spiro atoms. The van der Waals surface area contributed by atoms with Crippen LogP contribution in [0, 0.1) is 17.1 Å². The van der Waals surface area contributed by atoms with Crippen molar-refractivity contribution < 1.29 is 9.13 Å². The fraction of sp³-hybridized carbons (Fsp3) is 0.250. The normalized spacial score (nSPS) is 10.2. The molecule has 21 heavy (non-hydrogen) atoms. The maximum Gasteiger partial charge on any atom is 0.237 e. The van der Waals surface area contributed by atoms with E-state index in [0.717, 1.165) is 0 Å². The number of anilines is 1. The van der Waals surface area contributed by atoms with Crippen molar-refractivity contribution in [3.8, 4) is 11.9 Å². The van der Waals surface area contributed by atoms with Crippen molar-refractivity contribution in [1.29, 1.82) is 5.26 Å². The summed E-state index contributed by atoms with van der Waals surface area (Å²) in [5.74, 6) is 0.126. The van der Waals surface area contributed by atoms with Gasteiger partial charge in [-0.2, -0.15) is 5.26 Å². The number of rotatable bonds is 5. The molecule has 0 atom stereocenters. The number of nitrogens with zero attached hydrogens (tertiary/aromatic N) is 2. The average molecular weight is 285 g/mol. The summed E-state index contributed by atoms with van der Waals surface area (Å²) in [5, 5.41) is 11.9. The highest BCUT2D eigenvalue weighted by atomic mass is 19.1. The highest BCUT2D eigenvalue weighted by Gasteiger charge is 2.08. The number of hydrogen-bond donors (Lipinski definition) is 1. The van der Waals surface area contributed by atoms with Gasteiger partial charge >= 0.3 is 0 Å². The maximum absolute atomic E-state index is 13.7. The van der Waals surface area contributed by atoms with E-state index in [1.807, 2.05) is 26.0 Å². The summed E-state index contributed by atoms with van der Waals surface area (Å²) in [4.78, 5) is 4.16. The van der Waals surface area contributed by atoms with Gasteiger partial charge in [0.25, 0.3) is 0 Å². The van der Waals surface area contributed by atoms with Crippen LogP contribution >= 0.6 is 0 Å². The van der Waals surface area contributed by atoms with Crippen molar-refractivity contribution in [2.45, 2.75) is 26.5 Å². The van der Waals surface area contributed by atoms with Crippen molar-refractivity contribution in [3.63, 3.8) is 0 Å². The minimum Gasteiger partial charge on any atom is -0.473 e. The Bertz CT molecular complexity index is 665. The molecule has 108 valence electrons. The zero-order valence-electron chi connectivity index (χ0n) is 11.9. The molecule has 2 rings (SSSR count). The number of aromatic nitrogens is 1. The van der Waals surface area contributed by atoms with Gasteiger partial charge in [-0.25, -0.2) is 9.37 Å². The van der Waals surface area contributed by atoms with Gasteiger partial charge in [0.05, 0.1) is 23.4 Å². The van der Waals surface area contributed by atoms with Crippen LogP contribution in [-0.2, 0) is 6.54 Å². The molecule has 0 bridgehead atoms. The van der Waals surface area contributed by atoms with Gasteiger partial charge in [0, 0.05) is 18.3 Å². The highest BCUT2D eigenvalue weighted by molar-refractivity contribution is 5.52. The molecule has 0 amide bonds. The van der Waals surface area contributed by atoms with E-state index >= 15 is 0 Å². The van der Waals surface area contributed by atoms with E-state index in [0.29, 0.717) is 22.7 Å². The van der Waals surface area contributed by atoms with Gasteiger partial charge < -0.3 is 10.1 Å². The van der Waals surface area contributed by atoms with Crippen LogP contribution in [0.3, 0.4) is 0 Å². The van der Waals surface area contributed by atoms with E-state index in [2.05, 4.69) is 10.3 Å². The first-order chi connectivity index (χ1) is 10.1. The number of pyridine rings is 1. The lowest BCUT2D eigenvalue weighted by Gasteiger charge is -2.14. The lowest BCUT2D eigenvalue weighted by molar-refractivity contribution is 0.234. The summed E-state index contributed by atoms with van der Waals surface area (Å²) in [6, 6.07) is 9.87. The number of nitriles is 1. The molecule has 1 aromatic carbocycles. The van der Waals surface area contributed by atoms with Gasteiger partial charge in [0.2, 0.25) is 5.88 Å². The van der Waals surface area contributed by atoms with E-state index in [1.54, 1.807) is 12.3 Å². The standard InChI is InChI=1S/C16H16FN3O/c1-11(2)21-16-15(4-3-7-19-16)20-10-13-8-12(9-18)5-6-14(13)17/h3-8,11,20H,10H2,1-2H3. The zero-order valence-corrected chi connectivity index (χ0v) is 11.9. The number of ether oxygens (including phenoxy) is 1. The largest absolute Gasteiger partial charge is 0.473 e. The molecule has 5 heteroatoms. The maximum atomic E-state index is 13.7. The third-order valence-corrected chi connectivity index (χ3v) is 2.76. The van der Waals surface area contributed by atoms with E-state index in [4.69, 9.17) is 10.00 Å². The molecule has 1 heterocycles. The van der Waals surface area contributed by atoms with Gasteiger partial charge in [-0.15, -0.1) is 0 Å². The van der Waals surface area contributed by atoms with Crippen LogP contribution in [0.1, 0.15) is 25.0 Å². The molecule has 0 radical (unpaired) electrons. The summed E-state index contributed by atoms with van der Waals surface area (Å²) in [6.45, 7) is 4.07. The second kappa shape index (κ2) is 6.71. The van der Waals surface area contributed by atoms with Gasteiger partial charge in [0.1, 0.15) is 5.82 Å². The molecule has 2 aromatic rings. The van der Waals surface area contributed by atoms with Crippen molar-refractivity contribution in [1.82, 2.24) is 4.98 Å². The van der Waals surface area contributed by atoms with E-state index in [9.17, 15) is 4.39 Å². The lowest BCUT2D eigenvalue weighted by atomic mass is 10.1. The Hall–Kier alpha value is -2.61. The summed E-state index contributed by atoms with van der Waals surface area (Å²) >= 11 is 0. The quantitative estimate of drug-likeness (QED) is 0.913. The molecule has 0 unspecified atom stereocenters. The molecular formula is C16H16FN3O. The average Bonchev–Trinajstić information content (AvgIpc) is 2.47. The molecule has 0 aliphatic rings. The van der Waals surface area contributed by atoms with Crippen molar-refractivity contribution in [3.05, 3.63) is 53.5 Å². The second-order valence-corrected chi connectivity index (χ2v) is 4.79. The molecule has 0 saturated heterocycles. The predicted molar refractivity (Wildman–Crippen MR) is 78.4 cm³/mol. The Labute approximate surface area is 123 Å². The Kier molecular flexibility index (Phi) is 4.72. The number of halogens is 1. The van der Waals surface area contributed by atoms with Gasteiger partial charge in [-0.1, -0.05) is 0 Å². The summed E-state index contributed by atoms with van der Waals surface area (Å²) in [7, 11) is 0. The Balaban J connectivity index is 2.15. The number of hydrogen-bond acceptors (Lipinski definition) is 4. The molecule has 1 N–H and O–H groups in total. The van der Waals surface area contributed by atoms with Crippen LogP contribution in [0.2, 0.25) is 0 Å². The SMILES string of the molecule is CC(C)Oc1ncccc1NCc1cc(C#N)ccc1F. The summed E-state index contributed by atoms with van der Waals surface area (Å²) in [6.07, 6.45) is 1.64. The molecule has 0 saturated carbocycles. The summed E-state index contributed by atoms with van der Waals surface area (Å²) in [5.41, 5.74) is 1.54. The fourth-order valence-electron chi connectivity index (χ4n) is 1.81. The topological polar surface area (TPSA) is 57.9 Å². The molecule has 0 aliphatic carbocycles. The van der Waals surface area contributed by atoms with Crippen LogP contribution in [0.15, 0.2) is 36.5 Å². The predicted octanol–water partition coefficient (Wildman–Crippen LogP) is 3.49. The van der Waals surface area contributed by atoms with Crippen LogP contribution in [0.4, 0.5) is 10.1 Å². The Morgan fingerprint density at radius 2 is 2.19 bits per heavy atom. The van der Waals surface area contributed by atoms with E-state index in [-0.39, 0.29) is 18.5 Å². The Morgan fingerprint density at radius 1 is 1.38 bits per heavy atom. The Morgan fingerprint density at radius 3 is 2.90 bits per heavy atom. The second-order valence-electron chi connectivity index (χ2n) is 4.79. The first kappa shape index (κ1) is 14.8. The number of nitrogens with one attached hydrogen (secondary N) is 1. The molecular weight excluding hydrogens is 269 g/mol. The molecule has 1 aromatic heterocycles. The van der Waals surface area contributed by atoms with Gasteiger partial charge in [-0.05, 0) is 44.2 Å². The molecule has 0 aliphatic heterocycles. The minimum atomic E-state index is -0.350. The van der Waals surface area contributed by atoms with E-state index in [1.165, 1.54) is 18.2 Å². The lowest BCUT2D eigenvalue weighted by Crippen LogP contribution is -2.10. The van der Waals surface area contributed by atoms with Crippen molar-refractivity contribution >= 4 is 5.69 Å². The fourth-order valence-corrected chi connectivity index (χ4v) is 1.81. The monoisotopic (exact) mass is 285 g/mol. The highest BCUT2D eigenvalue weighted by Crippen LogP contribution is 2.23. The van der Waals surface area contributed by atoms with Crippen LogP contribution in [0.25, 0.3) is 0 Å². The first-order valence-corrected chi connectivity index (χ1v) is 6.64. The van der Waals surface area contributed by atoms with Crippen molar-refractivity contribution in [2.75, 3.05) is 5.32 Å². The van der Waals surface area contributed by atoms with Crippen LogP contribution < -0.4 is 10.1 Å². The third-order valence-electron chi connectivity index (χ3n) is 2.76. The number of benzene rings is 1.